The third-order valence-corrected chi connectivity index (χ3v) is 4.17. The summed E-state index contributed by atoms with van der Waals surface area (Å²) in [6, 6.07) is 18.1. The minimum atomic E-state index is -0.244. The van der Waals surface area contributed by atoms with Gasteiger partial charge in [0.25, 0.3) is 0 Å². The lowest BCUT2D eigenvalue weighted by molar-refractivity contribution is 0.302. The molecule has 1 aromatic heterocycles. The molecule has 0 saturated heterocycles. The summed E-state index contributed by atoms with van der Waals surface area (Å²) in [5.41, 5.74) is 2.97. The molecule has 0 atom stereocenters. The Balaban J connectivity index is 0.00000243. The number of nitrogens with zero attached hydrogens (tertiary/aromatic N) is 1. The summed E-state index contributed by atoms with van der Waals surface area (Å²) in [6.45, 7) is 1.74. The fraction of sp³-hybridized carbons (Fsp3) is 0.150. The summed E-state index contributed by atoms with van der Waals surface area (Å²) in [5, 5.41) is 3.38. The van der Waals surface area contributed by atoms with Gasteiger partial charge in [-0.2, -0.15) is 0 Å². The lowest BCUT2D eigenvalue weighted by Crippen LogP contribution is -2.14. The van der Waals surface area contributed by atoms with Gasteiger partial charge in [-0.05, 0) is 48.0 Å². The highest BCUT2D eigenvalue weighted by Gasteiger charge is 2.06. The molecule has 1 N–H and O–H groups in total. The number of hydrogen-bond acceptors (Lipinski definition) is 3. The molecular weight excluding hydrogens is 419 g/mol. The highest BCUT2D eigenvalue weighted by Crippen LogP contribution is 2.24. The fourth-order valence-electron chi connectivity index (χ4n) is 2.40. The van der Waals surface area contributed by atoms with Gasteiger partial charge in [-0.25, -0.2) is 4.39 Å². The van der Waals surface area contributed by atoms with E-state index in [1.807, 2.05) is 36.4 Å². The molecule has 0 fully saturated rings. The van der Waals surface area contributed by atoms with Gasteiger partial charge in [-0.3, -0.25) is 4.98 Å². The number of ether oxygens (including phenoxy) is 1. The fourth-order valence-corrected chi connectivity index (χ4v) is 2.81. The van der Waals surface area contributed by atoms with Gasteiger partial charge in [0.1, 0.15) is 18.2 Å². The van der Waals surface area contributed by atoms with E-state index in [9.17, 15) is 4.39 Å². The third-order valence-electron chi connectivity index (χ3n) is 3.68. The Labute approximate surface area is 167 Å². The number of halogens is 3. The van der Waals surface area contributed by atoms with Crippen LogP contribution < -0.4 is 10.1 Å². The SMILES string of the molecule is Cl.Fc1ccc(COc2ccc(Br)cc2CNCc2ccccn2)cc1. The second-order valence-electron chi connectivity index (χ2n) is 5.59. The van der Waals surface area contributed by atoms with E-state index in [-0.39, 0.29) is 18.2 Å². The van der Waals surface area contributed by atoms with E-state index < -0.39 is 0 Å². The van der Waals surface area contributed by atoms with Crippen molar-refractivity contribution < 1.29 is 9.13 Å². The molecule has 0 amide bonds. The number of aromatic nitrogens is 1. The van der Waals surface area contributed by atoms with Gasteiger partial charge >= 0.3 is 0 Å². The predicted octanol–water partition coefficient (Wildman–Crippen LogP) is 5.27. The molecule has 3 rings (SSSR count). The smallest absolute Gasteiger partial charge is 0.124 e. The molecular formula is C20H19BrClFN2O. The zero-order valence-corrected chi connectivity index (χ0v) is 16.4. The Kier molecular flexibility index (Phi) is 8.04. The van der Waals surface area contributed by atoms with Crippen molar-refractivity contribution in [3.8, 4) is 5.75 Å². The van der Waals surface area contributed by atoms with Gasteiger partial charge in [-0.1, -0.05) is 34.1 Å². The van der Waals surface area contributed by atoms with Crippen molar-refractivity contribution in [3.05, 3.63) is 94.0 Å². The van der Waals surface area contributed by atoms with Crippen LogP contribution in [0.2, 0.25) is 0 Å². The summed E-state index contributed by atoms with van der Waals surface area (Å²) in [4.78, 5) is 4.30. The summed E-state index contributed by atoms with van der Waals surface area (Å²) in [5.74, 6) is 0.563. The minimum Gasteiger partial charge on any atom is -0.489 e. The van der Waals surface area contributed by atoms with Crippen molar-refractivity contribution in [2.75, 3.05) is 0 Å². The van der Waals surface area contributed by atoms with Gasteiger partial charge in [0.15, 0.2) is 0 Å². The largest absolute Gasteiger partial charge is 0.489 e. The Morgan fingerprint density at radius 2 is 1.81 bits per heavy atom. The lowest BCUT2D eigenvalue weighted by atomic mass is 10.2. The van der Waals surface area contributed by atoms with E-state index in [1.165, 1.54) is 12.1 Å². The monoisotopic (exact) mass is 436 g/mol. The van der Waals surface area contributed by atoms with E-state index in [4.69, 9.17) is 4.74 Å². The van der Waals surface area contributed by atoms with Gasteiger partial charge in [0.05, 0.1) is 5.69 Å². The van der Waals surface area contributed by atoms with Crippen LogP contribution in [-0.2, 0) is 19.7 Å². The maximum atomic E-state index is 13.0. The van der Waals surface area contributed by atoms with Crippen molar-refractivity contribution >= 4 is 28.3 Å². The molecule has 0 unspecified atom stereocenters. The van der Waals surface area contributed by atoms with Crippen LogP contribution in [0.5, 0.6) is 5.75 Å². The zero-order valence-electron chi connectivity index (χ0n) is 14.0. The van der Waals surface area contributed by atoms with E-state index >= 15 is 0 Å². The maximum Gasteiger partial charge on any atom is 0.124 e. The van der Waals surface area contributed by atoms with Crippen LogP contribution in [0.15, 0.2) is 71.3 Å². The first kappa shape index (κ1) is 20.4. The second-order valence-corrected chi connectivity index (χ2v) is 6.51. The first-order valence-electron chi connectivity index (χ1n) is 7.97. The first-order valence-corrected chi connectivity index (χ1v) is 8.76. The summed E-state index contributed by atoms with van der Waals surface area (Å²) < 4.78 is 19.9. The number of rotatable bonds is 7. The number of hydrogen-bond donors (Lipinski definition) is 1. The van der Waals surface area contributed by atoms with Crippen LogP contribution in [0.3, 0.4) is 0 Å². The molecule has 0 radical (unpaired) electrons. The normalized spacial score (nSPS) is 10.2. The van der Waals surface area contributed by atoms with Crippen LogP contribution in [0, 0.1) is 5.82 Å². The number of benzene rings is 2. The predicted molar refractivity (Wildman–Crippen MR) is 107 cm³/mol. The van der Waals surface area contributed by atoms with Gasteiger partial charge in [0, 0.05) is 29.3 Å². The molecule has 26 heavy (non-hydrogen) atoms. The molecule has 3 aromatic rings. The highest BCUT2D eigenvalue weighted by atomic mass is 79.9. The molecule has 1 heterocycles. The standard InChI is InChI=1S/C20H18BrFN2O.ClH/c21-17-6-9-20(25-14-15-4-7-18(22)8-5-15)16(11-17)12-23-13-19-3-1-2-10-24-19;/h1-11,23H,12-14H2;1H. The van der Waals surface area contributed by atoms with Crippen LogP contribution in [0.4, 0.5) is 4.39 Å². The van der Waals surface area contributed by atoms with E-state index in [0.717, 1.165) is 27.0 Å². The lowest BCUT2D eigenvalue weighted by Gasteiger charge is -2.13. The van der Waals surface area contributed by atoms with Crippen LogP contribution in [0.1, 0.15) is 16.8 Å². The Morgan fingerprint density at radius 3 is 2.54 bits per heavy atom. The van der Waals surface area contributed by atoms with Crippen molar-refractivity contribution in [3.63, 3.8) is 0 Å². The Hall–Kier alpha value is -1.95. The number of nitrogens with one attached hydrogen (secondary N) is 1. The van der Waals surface area contributed by atoms with E-state index in [1.54, 1.807) is 18.3 Å². The average molecular weight is 438 g/mol. The van der Waals surface area contributed by atoms with Gasteiger partial charge < -0.3 is 10.1 Å². The Bertz CT molecular complexity index is 816. The molecule has 0 saturated carbocycles. The molecule has 0 aliphatic heterocycles. The van der Waals surface area contributed by atoms with Crippen LogP contribution >= 0.6 is 28.3 Å². The third kappa shape index (κ3) is 6.09. The molecule has 3 nitrogen and oxygen atoms in total. The van der Waals surface area contributed by atoms with Crippen LogP contribution in [0.25, 0.3) is 0 Å². The molecule has 6 heteroatoms. The van der Waals surface area contributed by atoms with Crippen molar-refractivity contribution in [2.24, 2.45) is 0 Å². The quantitative estimate of drug-likeness (QED) is 0.546. The highest BCUT2D eigenvalue weighted by molar-refractivity contribution is 9.10. The first-order chi connectivity index (χ1) is 12.2. The summed E-state index contributed by atoms with van der Waals surface area (Å²) in [6.07, 6.45) is 1.79. The van der Waals surface area contributed by atoms with Gasteiger partial charge in [0.2, 0.25) is 0 Å². The summed E-state index contributed by atoms with van der Waals surface area (Å²) >= 11 is 3.50. The molecule has 2 aromatic carbocycles. The summed E-state index contributed by atoms with van der Waals surface area (Å²) in [7, 11) is 0. The molecule has 0 aliphatic rings. The second kappa shape index (κ2) is 10.3. The van der Waals surface area contributed by atoms with Crippen molar-refractivity contribution in [1.82, 2.24) is 10.3 Å². The van der Waals surface area contributed by atoms with E-state index in [2.05, 4.69) is 26.2 Å². The topological polar surface area (TPSA) is 34.1 Å². The number of pyridine rings is 1. The molecule has 0 spiro atoms. The van der Waals surface area contributed by atoms with E-state index in [0.29, 0.717) is 19.7 Å². The maximum absolute atomic E-state index is 13.0. The molecule has 0 aliphatic carbocycles. The van der Waals surface area contributed by atoms with Gasteiger partial charge in [-0.15, -0.1) is 12.4 Å². The molecule has 136 valence electrons. The Morgan fingerprint density at radius 1 is 1.00 bits per heavy atom. The van der Waals surface area contributed by atoms with Crippen LogP contribution in [-0.4, -0.2) is 4.98 Å². The van der Waals surface area contributed by atoms with Crippen molar-refractivity contribution in [1.29, 1.82) is 0 Å². The van der Waals surface area contributed by atoms with Crippen molar-refractivity contribution in [2.45, 2.75) is 19.7 Å². The minimum absolute atomic E-state index is 0. The molecule has 0 bridgehead atoms. The zero-order chi connectivity index (χ0) is 17.5. The average Bonchev–Trinajstić information content (AvgIpc) is 2.63.